The minimum Gasteiger partial charge on any atom is -0.315 e. The Morgan fingerprint density at radius 3 is 2.39 bits per heavy atom. The van der Waals surface area contributed by atoms with Crippen molar-refractivity contribution in [2.24, 2.45) is 5.92 Å². The van der Waals surface area contributed by atoms with E-state index in [-0.39, 0.29) is 0 Å². The largest absolute Gasteiger partial charge is 0.315 e. The molecular formula is C15H33N3. The van der Waals surface area contributed by atoms with E-state index in [0.717, 1.165) is 25.0 Å². The minimum absolute atomic E-state index is 0.700. The smallest absolute Gasteiger partial charge is 0.0244 e. The number of nitrogens with one attached hydrogen (secondary N) is 1. The molecule has 1 rings (SSSR count). The summed E-state index contributed by atoms with van der Waals surface area (Å²) >= 11 is 0. The number of hydrogen-bond donors (Lipinski definition) is 1. The summed E-state index contributed by atoms with van der Waals surface area (Å²) in [5, 5.41) is 3.52. The van der Waals surface area contributed by atoms with Crippen molar-refractivity contribution in [1.29, 1.82) is 0 Å². The molecule has 1 aliphatic heterocycles. The average molecular weight is 255 g/mol. The lowest BCUT2D eigenvalue weighted by Crippen LogP contribution is -2.46. The van der Waals surface area contributed by atoms with Gasteiger partial charge in [-0.25, -0.2) is 0 Å². The molecule has 0 amide bonds. The summed E-state index contributed by atoms with van der Waals surface area (Å²) in [5.74, 6) is 0.736. The molecule has 2 atom stereocenters. The van der Waals surface area contributed by atoms with E-state index in [4.69, 9.17) is 0 Å². The third kappa shape index (κ3) is 4.22. The van der Waals surface area contributed by atoms with Crippen molar-refractivity contribution in [3.8, 4) is 0 Å². The Kier molecular flexibility index (Phi) is 7.20. The van der Waals surface area contributed by atoms with Crippen LogP contribution in [0.5, 0.6) is 0 Å². The molecule has 1 fully saturated rings. The van der Waals surface area contributed by atoms with Gasteiger partial charge in [-0.2, -0.15) is 0 Å². The first-order valence-electron chi connectivity index (χ1n) is 7.82. The number of likely N-dealkylation sites (N-methyl/N-ethyl adjacent to an activating group) is 2. The Labute approximate surface area is 114 Å². The zero-order valence-corrected chi connectivity index (χ0v) is 13.1. The molecule has 3 heteroatoms. The van der Waals surface area contributed by atoms with E-state index in [1.165, 1.54) is 32.6 Å². The predicted octanol–water partition coefficient (Wildman–Crippen LogP) is 2.04. The Bertz CT molecular complexity index is 214. The van der Waals surface area contributed by atoms with E-state index in [9.17, 15) is 0 Å². The Balaban J connectivity index is 2.51. The van der Waals surface area contributed by atoms with Gasteiger partial charge in [-0.1, -0.05) is 34.6 Å². The Hall–Kier alpha value is -0.120. The van der Waals surface area contributed by atoms with Crippen LogP contribution in [0.4, 0.5) is 0 Å². The highest BCUT2D eigenvalue weighted by molar-refractivity contribution is 4.88. The number of hydrogen-bond acceptors (Lipinski definition) is 3. The molecule has 2 unspecified atom stereocenters. The topological polar surface area (TPSA) is 18.5 Å². The van der Waals surface area contributed by atoms with Crippen molar-refractivity contribution in [3.05, 3.63) is 0 Å². The van der Waals surface area contributed by atoms with Crippen LogP contribution in [0.25, 0.3) is 0 Å². The van der Waals surface area contributed by atoms with Crippen LogP contribution in [0.3, 0.4) is 0 Å². The summed E-state index contributed by atoms with van der Waals surface area (Å²) in [6, 6.07) is 1.48. The lowest BCUT2D eigenvalue weighted by Gasteiger charge is -2.32. The van der Waals surface area contributed by atoms with Gasteiger partial charge in [-0.15, -0.1) is 0 Å². The lowest BCUT2D eigenvalue weighted by atomic mass is 10.0. The fourth-order valence-corrected chi connectivity index (χ4v) is 3.19. The molecule has 0 radical (unpaired) electrons. The lowest BCUT2D eigenvalue weighted by molar-refractivity contribution is 0.159. The maximum atomic E-state index is 3.52. The third-order valence-corrected chi connectivity index (χ3v) is 4.37. The maximum Gasteiger partial charge on any atom is 0.0244 e. The minimum atomic E-state index is 0.700. The van der Waals surface area contributed by atoms with Gasteiger partial charge in [-0.05, 0) is 32.0 Å². The van der Waals surface area contributed by atoms with Gasteiger partial charge in [0.1, 0.15) is 0 Å². The molecule has 0 aromatic rings. The molecule has 0 aromatic carbocycles. The van der Waals surface area contributed by atoms with Gasteiger partial charge in [0.15, 0.2) is 0 Å². The number of likely N-dealkylation sites (tertiary alicyclic amines) is 1. The van der Waals surface area contributed by atoms with Crippen molar-refractivity contribution in [3.63, 3.8) is 0 Å². The monoisotopic (exact) mass is 255 g/mol. The highest BCUT2D eigenvalue weighted by Gasteiger charge is 2.31. The zero-order valence-electron chi connectivity index (χ0n) is 13.1. The standard InChI is InChI=1S/C15H33N3/c1-6-16-11-15(13(4)5)18-10-9-14(12-18)17(7-2)8-3/h13-16H,6-12H2,1-5H3. The van der Waals surface area contributed by atoms with E-state index >= 15 is 0 Å². The quantitative estimate of drug-likeness (QED) is 0.716. The third-order valence-electron chi connectivity index (χ3n) is 4.37. The van der Waals surface area contributed by atoms with Crippen LogP contribution < -0.4 is 5.32 Å². The molecular weight excluding hydrogens is 222 g/mol. The molecule has 1 saturated heterocycles. The fraction of sp³-hybridized carbons (Fsp3) is 1.00. The first kappa shape index (κ1) is 15.9. The van der Waals surface area contributed by atoms with Gasteiger partial charge < -0.3 is 5.32 Å². The van der Waals surface area contributed by atoms with Crippen molar-refractivity contribution >= 4 is 0 Å². The molecule has 0 spiro atoms. The highest BCUT2D eigenvalue weighted by atomic mass is 15.3. The maximum absolute atomic E-state index is 3.52. The molecule has 3 nitrogen and oxygen atoms in total. The van der Waals surface area contributed by atoms with Crippen LogP contribution in [-0.4, -0.2) is 61.2 Å². The van der Waals surface area contributed by atoms with Crippen LogP contribution >= 0.6 is 0 Å². The predicted molar refractivity (Wildman–Crippen MR) is 80.1 cm³/mol. The van der Waals surface area contributed by atoms with Crippen LogP contribution in [0.2, 0.25) is 0 Å². The summed E-state index contributed by atoms with van der Waals surface area (Å²) in [7, 11) is 0. The fourth-order valence-electron chi connectivity index (χ4n) is 3.19. The van der Waals surface area contributed by atoms with Gasteiger partial charge >= 0.3 is 0 Å². The van der Waals surface area contributed by atoms with E-state index in [2.05, 4.69) is 49.7 Å². The van der Waals surface area contributed by atoms with Gasteiger partial charge in [0.05, 0.1) is 0 Å². The first-order chi connectivity index (χ1) is 8.63. The molecule has 0 bridgehead atoms. The molecule has 108 valence electrons. The SMILES string of the molecule is CCNCC(C(C)C)N1CCC(N(CC)CC)C1. The zero-order chi connectivity index (χ0) is 13.5. The first-order valence-corrected chi connectivity index (χ1v) is 7.82. The van der Waals surface area contributed by atoms with Crippen molar-refractivity contribution in [2.45, 2.75) is 53.1 Å². The number of rotatable bonds is 8. The summed E-state index contributed by atoms with van der Waals surface area (Å²) in [6.07, 6.45) is 1.34. The Morgan fingerprint density at radius 2 is 1.89 bits per heavy atom. The Morgan fingerprint density at radius 1 is 1.22 bits per heavy atom. The van der Waals surface area contributed by atoms with Gasteiger partial charge in [0.25, 0.3) is 0 Å². The van der Waals surface area contributed by atoms with Crippen LogP contribution in [-0.2, 0) is 0 Å². The van der Waals surface area contributed by atoms with E-state index in [1.807, 2.05) is 0 Å². The second kappa shape index (κ2) is 8.13. The summed E-state index contributed by atoms with van der Waals surface area (Å²) in [5.41, 5.74) is 0. The van der Waals surface area contributed by atoms with Gasteiger partial charge in [0, 0.05) is 31.7 Å². The molecule has 1 heterocycles. The second-order valence-corrected chi connectivity index (χ2v) is 5.78. The molecule has 0 aliphatic carbocycles. The van der Waals surface area contributed by atoms with Crippen LogP contribution in [0.1, 0.15) is 41.0 Å². The van der Waals surface area contributed by atoms with Crippen LogP contribution in [0, 0.1) is 5.92 Å². The van der Waals surface area contributed by atoms with Gasteiger partial charge in [-0.3, -0.25) is 9.80 Å². The summed E-state index contributed by atoms with van der Waals surface area (Å²) in [4.78, 5) is 5.32. The van der Waals surface area contributed by atoms with E-state index in [1.54, 1.807) is 0 Å². The van der Waals surface area contributed by atoms with Crippen molar-refractivity contribution < 1.29 is 0 Å². The highest BCUT2D eigenvalue weighted by Crippen LogP contribution is 2.21. The summed E-state index contributed by atoms with van der Waals surface area (Å²) in [6.45, 7) is 18.6. The van der Waals surface area contributed by atoms with Gasteiger partial charge in [0.2, 0.25) is 0 Å². The summed E-state index contributed by atoms with van der Waals surface area (Å²) < 4.78 is 0. The average Bonchev–Trinajstić information content (AvgIpc) is 2.80. The molecule has 1 aliphatic rings. The molecule has 0 aromatic heterocycles. The number of nitrogens with zero attached hydrogens (tertiary/aromatic N) is 2. The molecule has 18 heavy (non-hydrogen) atoms. The van der Waals surface area contributed by atoms with E-state index in [0.29, 0.717) is 6.04 Å². The second-order valence-electron chi connectivity index (χ2n) is 5.78. The van der Waals surface area contributed by atoms with Crippen molar-refractivity contribution in [2.75, 3.05) is 39.3 Å². The molecule has 0 saturated carbocycles. The van der Waals surface area contributed by atoms with Crippen molar-refractivity contribution in [1.82, 2.24) is 15.1 Å². The normalized spacial score (nSPS) is 23.2. The van der Waals surface area contributed by atoms with Crippen LogP contribution in [0.15, 0.2) is 0 Å². The molecule has 1 N–H and O–H groups in total. The van der Waals surface area contributed by atoms with E-state index < -0.39 is 0 Å².